The van der Waals surface area contributed by atoms with Crippen LogP contribution in [0.3, 0.4) is 0 Å². The molecule has 1 aromatic carbocycles. The van der Waals surface area contributed by atoms with E-state index in [0.29, 0.717) is 18.9 Å². The Hall–Kier alpha value is -0.860. The van der Waals surface area contributed by atoms with Gasteiger partial charge >= 0.3 is 0 Å². The maximum atomic E-state index is 11.5. The molecule has 22 heavy (non-hydrogen) atoms. The molecule has 0 bridgehead atoms. The van der Waals surface area contributed by atoms with Crippen LogP contribution in [0.25, 0.3) is 0 Å². The zero-order valence-electron chi connectivity index (χ0n) is 12.4. The molecule has 1 amide bonds. The van der Waals surface area contributed by atoms with E-state index in [1.165, 1.54) is 0 Å². The molecule has 0 saturated carbocycles. The predicted molar refractivity (Wildman–Crippen MR) is 90.6 cm³/mol. The van der Waals surface area contributed by atoms with E-state index < -0.39 is 6.10 Å². The number of benzene rings is 1. The van der Waals surface area contributed by atoms with Gasteiger partial charge in [-0.3, -0.25) is 4.79 Å². The van der Waals surface area contributed by atoms with E-state index in [9.17, 15) is 9.90 Å². The molecule has 0 aliphatic rings. The van der Waals surface area contributed by atoms with E-state index in [1.807, 2.05) is 18.2 Å². The number of nitrogens with one attached hydrogen (secondary N) is 2. The van der Waals surface area contributed by atoms with Crippen molar-refractivity contribution in [1.82, 2.24) is 10.6 Å². The fraction of sp³-hybridized carbons (Fsp3) is 0.500. The van der Waals surface area contributed by atoms with E-state index in [-0.39, 0.29) is 38.0 Å². The van der Waals surface area contributed by atoms with E-state index >= 15 is 0 Å². The first kappa shape index (κ1) is 21.1. The molecule has 8 heteroatoms. The second kappa shape index (κ2) is 12.7. The number of ether oxygens (including phenoxy) is 2. The van der Waals surface area contributed by atoms with Crippen LogP contribution in [0.15, 0.2) is 28.7 Å². The van der Waals surface area contributed by atoms with Crippen LogP contribution in [0.2, 0.25) is 0 Å². The third-order valence-electron chi connectivity index (χ3n) is 2.57. The lowest BCUT2D eigenvalue weighted by molar-refractivity contribution is -0.120. The quantitative estimate of drug-likeness (QED) is 0.513. The molecule has 0 aromatic heterocycles. The number of hydrogen-bond donors (Lipinski definition) is 3. The van der Waals surface area contributed by atoms with Crippen molar-refractivity contribution in [1.29, 1.82) is 0 Å². The first-order chi connectivity index (χ1) is 10.1. The van der Waals surface area contributed by atoms with Crippen LogP contribution in [0, 0.1) is 0 Å². The Kier molecular flexibility index (Phi) is 12.2. The largest absolute Gasteiger partial charge is 0.490 e. The molecule has 0 heterocycles. The molecule has 0 saturated heterocycles. The smallest absolute Gasteiger partial charge is 0.234 e. The predicted octanol–water partition coefficient (Wildman–Crippen LogP) is 0.963. The number of amides is 1. The second-order valence-corrected chi connectivity index (χ2v) is 5.22. The summed E-state index contributed by atoms with van der Waals surface area (Å²) < 4.78 is 11.1. The summed E-state index contributed by atoms with van der Waals surface area (Å²) in [6, 6.07) is 7.38. The highest BCUT2D eigenvalue weighted by molar-refractivity contribution is 9.10. The van der Waals surface area contributed by atoms with Crippen LogP contribution in [-0.4, -0.2) is 57.1 Å². The molecule has 0 radical (unpaired) electrons. The molecule has 126 valence electrons. The topological polar surface area (TPSA) is 79.8 Å². The van der Waals surface area contributed by atoms with Gasteiger partial charge in [0.2, 0.25) is 5.91 Å². The Morgan fingerprint density at radius 3 is 2.82 bits per heavy atom. The molecular formula is C14H22BrClN2O4. The number of carbonyl (C=O) groups excluding carboxylic acids is 1. The van der Waals surface area contributed by atoms with E-state index in [1.54, 1.807) is 13.2 Å². The molecule has 0 aliphatic carbocycles. The second-order valence-electron chi connectivity index (χ2n) is 4.37. The van der Waals surface area contributed by atoms with Gasteiger partial charge in [0.1, 0.15) is 18.5 Å². The Bertz CT molecular complexity index is 437. The van der Waals surface area contributed by atoms with E-state index in [2.05, 4.69) is 26.6 Å². The minimum atomic E-state index is -0.764. The van der Waals surface area contributed by atoms with E-state index in [4.69, 9.17) is 9.47 Å². The summed E-state index contributed by atoms with van der Waals surface area (Å²) in [6.07, 6.45) is -0.764. The fourth-order valence-electron chi connectivity index (χ4n) is 1.48. The molecule has 0 spiro atoms. The standard InChI is InChI=1S/C14H21BrN2O4.ClH/c1-20-7-6-16-9-14(19)17-8-11(18)10-21-13-5-3-2-4-12(13)15;/h2-5,11,16,18H,6-10H2,1H3,(H,17,19);1H. The van der Waals surface area contributed by atoms with Crippen molar-refractivity contribution in [3.8, 4) is 5.75 Å². The summed E-state index contributed by atoms with van der Waals surface area (Å²) in [4.78, 5) is 11.5. The molecular weight excluding hydrogens is 376 g/mol. The van der Waals surface area contributed by atoms with Crippen LogP contribution >= 0.6 is 28.3 Å². The van der Waals surface area contributed by atoms with Gasteiger partial charge in [0, 0.05) is 20.2 Å². The van der Waals surface area contributed by atoms with Crippen molar-refractivity contribution in [2.75, 3.05) is 40.0 Å². The van der Waals surface area contributed by atoms with Gasteiger partial charge in [-0.15, -0.1) is 12.4 Å². The number of hydrogen-bond acceptors (Lipinski definition) is 5. The Labute approximate surface area is 145 Å². The number of rotatable bonds is 10. The van der Waals surface area contributed by atoms with Gasteiger partial charge in [0.25, 0.3) is 0 Å². The van der Waals surface area contributed by atoms with Gasteiger partial charge in [0.15, 0.2) is 0 Å². The summed E-state index contributed by atoms with van der Waals surface area (Å²) >= 11 is 3.35. The lowest BCUT2D eigenvalue weighted by atomic mass is 10.3. The van der Waals surface area contributed by atoms with Crippen molar-refractivity contribution >= 4 is 34.2 Å². The van der Waals surface area contributed by atoms with Gasteiger partial charge in [0.05, 0.1) is 17.6 Å². The molecule has 1 atom stereocenters. The number of para-hydroxylation sites is 1. The monoisotopic (exact) mass is 396 g/mol. The molecule has 1 aromatic rings. The summed E-state index contributed by atoms with van der Waals surface area (Å²) in [6.45, 7) is 1.61. The van der Waals surface area contributed by atoms with Crippen molar-refractivity contribution in [2.24, 2.45) is 0 Å². The minimum Gasteiger partial charge on any atom is -0.490 e. The number of halogens is 2. The van der Waals surface area contributed by atoms with Crippen molar-refractivity contribution in [2.45, 2.75) is 6.10 Å². The third kappa shape index (κ3) is 9.22. The fourth-order valence-corrected chi connectivity index (χ4v) is 1.88. The summed E-state index contributed by atoms with van der Waals surface area (Å²) in [7, 11) is 1.60. The molecule has 0 aliphatic heterocycles. The van der Waals surface area contributed by atoms with Crippen LogP contribution < -0.4 is 15.4 Å². The van der Waals surface area contributed by atoms with Crippen LogP contribution in [0.5, 0.6) is 5.75 Å². The normalized spacial score (nSPS) is 11.4. The van der Waals surface area contributed by atoms with Gasteiger partial charge in [-0.05, 0) is 28.1 Å². The van der Waals surface area contributed by atoms with Crippen molar-refractivity contribution in [3.63, 3.8) is 0 Å². The highest BCUT2D eigenvalue weighted by atomic mass is 79.9. The molecule has 1 unspecified atom stereocenters. The van der Waals surface area contributed by atoms with Crippen LogP contribution in [0.1, 0.15) is 0 Å². The lowest BCUT2D eigenvalue weighted by Gasteiger charge is -2.14. The number of aliphatic hydroxyl groups excluding tert-OH is 1. The lowest BCUT2D eigenvalue weighted by Crippen LogP contribution is -2.40. The van der Waals surface area contributed by atoms with Gasteiger partial charge < -0.3 is 25.2 Å². The summed E-state index contributed by atoms with van der Waals surface area (Å²) in [5.41, 5.74) is 0. The maximum absolute atomic E-state index is 11.5. The van der Waals surface area contributed by atoms with Crippen LogP contribution in [-0.2, 0) is 9.53 Å². The van der Waals surface area contributed by atoms with Crippen molar-refractivity contribution < 1.29 is 19.4 Å². The molecule has 1 rings (SSSR count). The van der Waals surface area contributed by atoms with Gasteiger partial charge in [-0.1, -0.05) is 12.1 Å². The zero-order valence-corrected chi connectivity index (χ0v) is 14.8. The summed E-state index contributed by atoms with van der Waals surface area (Å²) in [5, 5.41) is 15.3. The highest BCUT2D eigenvalue weighted by Crippen LogP contribution is 2.23. The Balaban J connectivity index is 0.00000441. The Morgan fingerprint density at radius 2 is 2.14 bits per heavy atom. The third-order valence-corrected chi connectivity index (χ3v) is 3.23. The highest BCUT2D eigenvalue weighted by Gasteiger charge is 2.09. The average molecular weight is 398 g/mol. The molecule has 6 nitrogen and oxygen atoms in total. The molecule has 3 N–H and O–H groups in total. The summed E-state index contributed by atoms with van der Waals surface area (Å²) in [5.74, 6) is 0.482. The van der Waals surface area contributed by atoms with E-state index in [0.717, 1.165) is 4.47 Å². The van der Waals surface area contributed by atoms with Gasteiger partial charge in [-0.2, -0.15) is 0 Å². The van der Waals surface area contributed by atoms with Crippen LogP contribution in [0.4, 0.5) is 0 Å². The average Bonchev–Trinajstić information content (AvgIpc) is 2.48. The first-order valence-electron chi connectivity index (χ1n) is 6.65. The maximum Gasteiger partial charge on any atom is 0.234 e. The minimum absolute atomic E-state index is 0. The number of carbonyl (C=O) groups is 1. The van der Waals surface area contributed by atoms with Crippen molar-refractivity contribution in [3.05, 3.63) is 28.7 Å². The Morgan fingerprint density at radius 1 is 1.41 bits per heavy atom. The van der Waals surface area contributed by atoms with Gasteiger partial charge in [-0.25, -0.2) is 0 Å². The number of aliphatic hydroxyl groups is 1. The number of methoxy groups -OCH3 is 1. The zero-order chi connectivity index (χ0) is 15.5. The SMILES string of the molecule is COCCNCC(=O)NCC(O)COc1ccccc1Br.Cl. The molecule has 0 fully saturated rings. The first-order valence-corrected chi connectivity index (χ1v) is 7.44.